The van der Waals surface area contributed by atoms with Crippen LogP contribution in [-0.2, 0) is 15.6 Å². The van der Waals surface area contributed by atoms with Gasteiger partial charge in [0.25, 0.3) is 5.91 Å². The van der Waals surface area contributed by atoms with Crippen LogP contribution >= 0.6 is 0 Å². The molecule has 4 aliphatic rings. The molecule has 0 atom stereocenters. The third-order valence-corrected chi connectivity index (χ3v) is 8.20. The lowest BCUT2D eigenvalue weighted by molar-refractivity contribution is -0.0631. The highest BCUT2D eigenvalue weighted by Gasteiger charge is 2.51. The number of sulfone groups is 1. The largest absolute Gasteiger partial charge is 0.451 e. The van der Waals surface area contributed by atoms with Crippen LogP contribution in [-0.4, -0.2) is 39.1 Å². The summed E-state index contributed by atoms with van der Waals surface area (Å²) in [6.07, 6.45) is 9.01. The number of furan rings is 1. The van der Waals surface area contributed by atoms with Crippen LogP contribution < -0.4 is 0 Å². The Kier molecular flexibility index (Phi) is 4.36. The molecule has 5 nitrogen and oxygen atoms in total. The van der Waals surface area contributed by atoms with E-state index in [1.54, 1.807) is 11.0 Å². The Hall–Kier alpha value is -1.82. The number of para-hydroxylation sites is 1. The number of nitrogens with zero attached hydrogens (tertiary/aromatic N) is 1. The van der Waals surface area contributed by atoms with Crippen LogP contribution in [0.2, 0.25) is 0 Å². The summed E-state index contributed by atoms with van der Waals surface area (Å²) in [6.45, 7) is 0.741. The van der Waals surface area contributed by atoms with Gasteiger partial charge in [0.05, 0.1) is 5.75 Å². The van der Waals surface area contributed by atoms with Crippen LogP contribution in [0.1, 0.15) is 54.6 Å². The first-order valence-corrected chi connectivity index (χ1v) is 12.7. The maximum Gasteiger partial charge on any atom is 0.289 e. The second-order valence-corrected chi connectivity index (χ2v) is 12.2. The Morgan fingerprint density at radius 1 is 1.10 bits per heavy atom. The van der Waals surface area contributed by atoms with E-state index in [1.165, 1.54) is 44.8 Å². The first-order valence-electron chi connectivity index (χ1n) is 10.6. The van der Waals surface area contributed by atoms with E-state index in [1.807, 2.05) is 25.2 Å². The number of hydrogen-bond donors (Lipinski definition) is 0. The first-order chi connectivity index (χ1) is 13.7. The Morgan fingerprint density at radius 2 is 1.69 bits per heavy atom. The minimum absolute atomic E-state index is 0.184. The summed E-state index contributed by atoms with van der Waals surface area (Å²) >= 11 is 0. The van der Waals surface area contributed by atoms with Gasteiger partial charge >= 0.3 is 0 Å². The summed E-state index contributed by atoms with van der Waals surface area (Å²) in [7, 11) is -1.45. The highest BCUT2D eigenvalue weighted by atomic mass is 32.2. The molecule has 2 aromatic rings. The lowest BCUT2D eigenvalue weighted by Crippen LogP contribution is -2.51. The molecule has 0 saturated heterocycles. The monoisotopic (exact) mass is 415 g/mol. The minimum atomic E-state index is -3.29. The lowest BCUT2D eigenvalue weighted by atomic mass is 9.49. The normalized spacial score (nSPS) is 30.8. The van der Waals surface area contributed by atoms with Crippen LogP contribution in [0.4, 0.5) is 0 Å². The Labute approximate surface area is 172 Å². The molecule has 1 heterocycles. The van der Waals surface area contributed by atoms with E-state index in [2.05, 4.69) is 0 Å². The van der Waals surface area contributed by atoms with E-state index in [-0.39, 0.29) is 22.8 Å². The standard InChI is InChI=1S/C23H29NO4S/c1-24(14-23-10-15-7-16(11-23)9-17(8-15)12-23)22(25)21-19(13-29(2,26)27)18-5-3-4-6-20(18)28-21/h3-6,15-17H,7-14H2,1-2H3. The number of benzene rings is 1. The van der Waals surface area contributed by atoms with Crippen molar-refractivity contribution in [1.29, 1.82) is 0 Å². The molecule has 29 heavy (non-hydrogen) atoms. The van der Waals surface area contributed by atoms with Gasteiger partial charge in [-0.3, -0.25) is 4.79 Å². The Bertz CT molecular complexity index is 1030. The molecule has 1 aromatic carbocycles. The van der Waals surface area contributed by atoms with Crippen molar-refractivity contribution in [3.63, 3.8) is 0 Å². The van der Waals surface area contributed by atoms with E-state index < -0.39 is 9.84 Å². The average molecular weight is 416 g/mol. The molecule has 0 radical (unpaired) electrons. The number of amides is 1. The predicted molar refractivity (Wildman–Crippen MR) is 112 cm³/mol. The highest BCUT2D eigenvalue weighted by molar-refractivity contribution is 7.89. The molecule has 4 aliphatic carbocycles. The molecular formula is C23H29NO4S. The van der Waals surface area contributed by atoms with Crippen molar-refractivity contribution >= 4 is 26.7 Å². The van der Waals surface area contributed by atoms with Crippen LogP contribution in [0.25, 0.3) is 11.0 Å². The molecule has 4 fully saturated rings. The summed E-state index contributed by atoms with van der Waals surface area (Å²) in [4.78, 5) is 15.2. The van der Waals surface area contributed by atoms with Gasteiger partial charge in [0.1, 0.15) is 5.58 Å². The van der Waals surface area contributed by atoms with Gasteiger partial charge in [0.15, 0.2) is 15.6 Å². The molecule has 6 rings (SSSR count). The molecule has 0 spiro atoms. The molecule has 1 amide bonds. The van der Waals surface area contributed by atoms with Gasteiger partial charge in [0, 0.05) is 30.8 Å². The maximum absolute atomic E-state index is 13.4. The van der Waals surface area contributed by atoms with E-state index >= 15 is 0 Å². The SMILES string of the molecule is CN(CC12CC3CC(CC(C3)C1)C2)C(=O)c1oc2ccccc2c1CS(C)(=O)=O. The van der Waals surface area contributed by atoms with Crippen LogP contribution in [0, 0.1) is 23.2 Å². The summed E-state index contributed by atoms with van der Waals surface area (Å²) < 4.78 is 29.9. The van der Waals surface area contributed by atoms with Gasteiger partial charge in [-0.05, 0) is 67.8 Å². The average Bonchev–Trinajstić information content (AvgIpc) is 2.96. The van der Waals surface area contributed by atoms with Gasteiger partial charge in [0.2, 0.25) is 0 Å². The molecule has 4 saturated carbocycles. The smallest absolute Gasteiger partial charge is 0.289 e. The van der Waals surface area contributed by atoms with Crippen LogP contribution in [0.15, 0.2) is 28.7 Å². The van der Waals surface area contributed by atoms with Crippen molar-refractivity contribution in [2.24, 2.45) is 23.2 Å². The fourth-order valence-corrected chi connectivity index (χ4v) is 7.72. The van der Waals surface area contributed by atoms with Crippen molar-refractivity contribution in [2.45, 2.75) is 44.3 Å². The summed E-state index contributed by atoms with van der Waals surface area (Å²) in [5.41, 5.74) is 1.30. The van der Waals surface area contributed by atoms with Gasteiger partial charge < -0.3 is 9.32 Å². The molecule has 4 bridgehead atoms. The minimum Gasteiger partial charge on any atom is -0.451 e. The Balaban J connectivity index is 1.44. The number of rotatable bonds is 5. The zero-order valence-corrected chi connectivity index (χ0v) is 18.0. The van der Waals surface area contributed by atoms with Crippen molar-refractivity contribution in [3.05, 3.63) is 35.6 Å². The number of carbonyl (C=O) groups is 1. The predicted octanol–water partition coefficient (Wildman–Crippen LogP) is 4.27. The molecule has 0 N–H and O–H groups in total. The van der Waals surface area contributed by atoms with Crippen LogP contribution in [0.5, 0.6) is 0 Å². The van der Waals surface area contributed by atoms with Gasteiger partial charge in [-0.15, -0.1) is 0 Å². The van der Waals surface area contributed by atoms with Crippen molar-refractivity contribution in [3.8, 4) is 0 Å². The molecule has 0 aliphatic heterocycles. The van der Waals surface area contributed by atoms with Crippen molar-refractivity contribution < 1.29 is 17.6 Å². The fraction of sp³-hybridized carbons (Fsp3) is 0.609. The zero-order chi connectivity index (χ0) is 20.4. The van der Waals surface area contributed by atoms with Gasteiger partial charge in [-0.1, -0.05) is 18.2 Å². The lowest BCUT2D eigenvalue weighted by Gasteiger charge is -2.57. The van der Waals surface area contributed by atoms with Gasteiger partial charge in [-0.25, -0.2) is 8.42 Å². The topological polar surface area (TPSA) is 67.6 Å². The molecule has 156 valence electrons. The molecule has 6 heteroatoms. The second kappa shape index (κ2) is 6.59. The number of carbonyl (C=O) groups excluding carboxylic acids is 1. The van der Waals surface area contributed by atoms with Crippen molar-refractivity contribution in [2.75, 3.05) is 19.8 Å². The second-order valence-electron chi connectivity index (χ2n) is 10.1. The zero-order valence-electron chi connectivity index (χ0n) is 17.2. The summed E-state index contributed by atoms with van der Waals surface area (Å²) in [5, 5.41) is 0.712. The fourth-order valence-electron chi connectivity index (χ4n) is 6.91. The summed E-state index contributed by atoms with van der Waals surface area (Å²) in [6, 6.07) is 7.30. The van der Waals surface area contributed by atoms with Crippen LogP contribution in [0.3, 0.4) is 0 Å². The van der Waals surface area contributed by atoms with E-state index in [0.717, 1.165) is 24.3 Å². The summed E-state index contributed by atoms with van der Waals surface area (Å²) in [5.74, 6) is 2.29. The molecule has 1 aromatic heterocycles. The number of hydrogen-bond acceptors (Lipinski definition) is 4. The van der Waals surface area contributed by atoms with E-state index in [0.29, 0.717) is 16.5 Å². The molecule has 0 unspecified atom stereocenters. The Morgan fingerprint density at radius 3 is 2.28 bits per heavy atom. The number of fused-ring (bicyclic) bond motifs is 1. The van der Waals surface area contributed by atoms with E-state index in [4.69, 9.17) is 4.42 Å². The third kappa shape index (κ3) is 3.49. The van der Waals surface area contributed by atoms with Gasteiger partial charge in [-0.2, -0.15) is 0 Å². The molecular weight excluding hydrogens is 386 g/mol. The quantitative estimate of drug-likeness (QED) is 0.732. The first kappa shape index (κ1) is 19.2. The van der Waals surface area contributed by atoms with E-state index in [9.17, 15) is 13.2 Å². The van der Waals surface area contributed by atoms with Crippen molar-refractivity contribution in [1.82, 2.24) is 4.90 Å². The third-order valence-electron chi connectivity index (χ3n) is 7.38. The highest BCUT2D eigenvalue weighted by Crippen LogP contribution is 2.60. The maximum atomic E-state index is 13.4.